The quantitative estimate of drug-likeness (QED) is 0.898. The summed E-state index contributed by atoms with van der Waals surface area (Å²) in [4.78, 5) is 14.7. The molecule has 1 unspecified atom stereocenters. The first-order valence-corrected chi connectivity index (χ1v) is 9.71. The van der Waals surface area contributed by atoms with Gasteiger partial charge in [0.05, 0.1) is 0 Å². The number of nitrogens with zero attached hydrogens (tertiary/aromatic N) is 2. The van der Waals surface area contributed by atoms with Gasteiger partial charge < -0.3 is 19.5 Å². The number of amides is 1. The van der Waals surface area contributed by atoms with Crippen LogP contribution in [0.25, 0.3) is 0 Å². The molecule has 5 nitrogen and oxygen atoms in total. The fraction of sp³-hybridized carbons (Fsp3) is 0.750. The Hall–Kier alpha value is -1.49. The summed E-state index contributed by atoms with van der Waals surface area (Å²) < 4.78 is 7.94. The van der Waals surface area contributed by atoms with E-state index in [9.17, 15) is 4.79 Å². The Morgan fingerprint density at radius 2 is 2.16 bits per heavy atom. The van der Waals surface area contributed by atoms with Crippen LogP contribution in [0.4, 0.5) is 4.79 Å². The molecular formula is C20H33N3O2. The van der Waals surface area contributed by atoms with Gasteiger partial charge in [-0.25, -0.2) is 4.79 Å². The highest BCUT2D eigenvalue weighted by Crippen LogP contribution is 2.45. The van der Waals surface area contributed by atoms with Crippen molar-refractivity contribution in [2.24, 2.45) is 0 Å². The van der Waals surface area contributed by atoms with Gasteiger partial charge >= 0.3 is 6.09 Å². The van der Waals surface area contributed by atoms with Crippen LogP contribution in [0, 0.1) is 0 Å². The second kappa shape index (κ2) is 7.02. The lowest BCUT2D eigenvalue weighted by molar-refractivity contribution is -0.0494. The number of carbonyl (C=O) groups is 1. The SMILES string of the molecule is CCn1cccc1CNC1CCN(C(=O)OC(C)(C)C)C2(CCC2)C1. The zero-order chi connectivity index (χ0) is 18.1. The lowest BCUT2D eigenvalue weighted by Crippen LogP contribution is -2.63. The molecule has 1 aromatic heterocycles. The molecule has 0 bridgehead atoms. The Kier molecular flexibility index (Phi) is 5.14. The van der Waals surface area contributed by atoms with Gasteiger partial charge in [-0.1, -0.05) is 0 Å². The topological polar surface area (TPSA) is 46.5 Å². The van der Waals surface area contributed by atoms with Crippen molar-refractivity contribution in [2.75, 3.05) is 6.54 Å². The van der Waals surface area contributed by atoms with Crippen molar-refractivity contribution < 1.29 is 9.53 Å². The average Bonchev–Trinajstić information content (AvgIpc) is 2.96. The zero-order valence-electron chi connectivity index (χ0n) is 16.2. The summed E-state index contributed by atoms with van der Waals surface area (Å²) in [5, 5.41) is 3.73. The van der Waals surface area contributed by atoms with E-state index in [1.54, 1.807) is 0 Å². The van der Waals surface area contributed by atoms with Crippen molar-refractivity contribution in [3.05, 3.63) is 24.0 Å². The summed E-state index contributed by atoms with van der Waals surface area (Å²) in [7, 11) is 0. The van der Waals surface area contributed by atoms with Crippen LogP contribution in [0.1, 0.15) is 65.5 Å². The second-order valence-electron chi connectivity index (χ2n) is 8.57. The highest BCUT2D eigenvalue weighted by Gasteiger charge is 2.49. The number of hydrogen-bond donors (Lipinski definition) is 1. The molecule has 1 atom stereocenters. The molecular weight excluding hydrogens is 314 g/mol. The predicted molar refractivity (Wildman–Crippen MR) is 99.5 cm³/mol. The number of nitrogens with one attached hydrogen (secondary N) is 1. The standard InChI is InChI=1S/C20H33N3O2/c1-5-22-12-6-8-17(22)15-21-16-9-13-23(18(24)25-19(2,3)4)20(14-16)10-7-11-20/h6,8,12,16,21H,5,7,9-11,13-15H2,1-4H3. The van der Waals surface area contributed by atoms with Gasteiger partial charge in [-0.05, 0) is 71.9 Å². The first kappa shape index (κ1) is 18.3. The van der Waals surface area contributed by atoms with E-state index in [0.29, 0.717) is 6.04 Å². The monoisotopic (exact) mass is 347 g/mol. The van der Waals surface area contributed by atoms with Crippen LogP contribution in [-0.2, 0) is 17.8 Å². The van der Waals surface area contributed by atoms with E-state index in [1.165, 1.54) is 12.1 Å². The Bertz CT molecular complexity index is 598. The molecule has 5 heteroatoms. The molecule has 3 rings (SSSR count). The summed E-state index contributed by atoms with van der Waals surface area (Å²) in [6.45, 7) is 10.7. The lowest BCUT2D eigenvalue weighted by atomic mass is 9.69. The molecule has 140 valence electrons. The van der Waals surface area contributed by atoms with Gasteiger partial charge in [0.2, 0.25) is 0 Å². The van der Waals surface area contributed by atoms with Gasteiger partial charge in [-0.15, -0.1) is 0 Å². The summed E-state index contributed by atoms with van der Waals surface area (Å²) in [5.74, 6) is 0. The Morgan fingerprint density at radius 3 is 2.76 bits per heavy atom. The molecule has 25 heavy (non-hydrogen) atoms. The maximum Gasteiger partial charge on any atom is 0.410 e. The molecule has 0 aromatic carbocycles. The van der Waals surface area contributed by atoms with Crippen molar-refractivity contribution in [3.63, 3.8) is 0 Å². The van der Waals surface area contributed by atoms with E-state index in [-0.39, 0.29) is 11.6 Å². The number of piperidine rings is 1. The van der Waals surface area contributed by atoms with Crippen LogP contribution >= 0.6 is 0 Å². The smallest absolute Gasteiger partial charge is 0.410 e. The largest absolute Gasteiger partial charge is 0.444 e. The van der Waals surface area contributed by atoms with Gasteiger partial charge in [0.1, 0.15) is 5.60 Å². The molecule has 0 radical (unpaired) electrons. The van der Waals surface area contributed by atoms with E-state index in [1.807, 2.05) is 25.7 Å². The first-order chi connectivity index (χ1) is 11.8. The van der Waals surface area contributed by atoms with E-state index >= 15 is 0 Å². The third-order valence-electron chi connectivity index (χ3n) is 5.63. The maximum atomic E-state index is 12.6. The van der Waals surface area contributed by atoms with Crippen molar-refractivity contribution in [1.29, 1.82) is 0 Å². The van der Waals surface area contributed by atoms with Crippen LogP contribution in [0.15, 0.2) is 18.3 Å². The maximum absolute atomic E-state index is 12.6. The van der Waals surface area contributed by atoms with Crippen LogP contribution in [-0.4, -0.2) is 39.3 Å². The lowest BCUT2D eigenvalue weighted by Gasteiger charge is -2.54. The molecule has 1 N–H and O–H groups in total. The number of aromatic nitrogens is 1. The number of ether oxygens (including phenoxy) is 1. The fourth-order valence-electron chi connectivity index (χ4n) is 4.20. The molecule has 1 saturated carbocycles. The molecule has 2 heterocycles. The van der Waals surface area contributed by atoms with Gasteiger partial charge in [0.25, 0.3) is 0 Å². The Labute approximate surface area is 151 Å². The highest BCUT2D eigenvalue weighted by molar-refractivity contribution is 5.69. The van der Waals surface area contributed by atoms with E-state index < -0.39 is 5.60 Å². The molecule has 1 aromatic rings. The number of likely N-dealkylation sites (tertiary alicyclic amines) is 1. The summed E-state index contributed by atoms with van der Waals surface area (Å²) in [6.07, 6.45) is 7.46. The number of hydrogen-bond acceptors (Lipinski definition) is 3. The molecule has 1 aliphatic heterocycles. The average molecular weight is 348 g/mol. The zero-order valence-corrected chi connectivity index (χ0v) is 16.2. The van der Waals surface area contributed by atoms with Crippen molar-refractivity contribution in [3.8, 4) is 0 Å². The molecule has 2 fully saturated rings. The molecule has 2 aliphatic rings. The molecule has 1 saturated heterocycles. The third-order valence-corrected chi connectivity index (χ3v) is 5.63. The van der Waals surface area contributed by atoms with Gasteiger partial charge in [-0.3, -0.25) is 0 Å². The minimum atomic E-state index is -0.428. The van der Waals surface area contributed by atoms with Crippen LogP contribution in [0.2, 0.25) is 0 Å². The van der Waals surface area contributed by atoms with Gasteiger partial charge in [0.15, 0.2) is 0 Å². The van der Waals surface area contributed by atoms with Crippen LogP contribution < -0.4 is 5.32 Å². The van der Waals surface area contributed by atoms with E-state index in [4.69, 9.17) is 4.74 Å². The first-order valence-electron chi connectivity index (χ1n) is 9.71. The molecule has 1 amide bonds. The molecule has 1 aliphatic carbocycles. The minimum Gasteiger partial charge on any atom is -0.444 e. The number of rotatable bonds is 4. The second-order valence-corrected chi connectivity index (χ2v) is 8.57. The number of carbonyl (C=O) groups excluding carboxylic acids is 1. The van der Waals surface area contributed by atoms with E-state index in [2.05, 4.69) is 35.1 Å². The van der Waals surface area contributed by atoms with Gasteiger partial charge in [0, 0.05) is 43.1 Å². The van der Waals surface area contributed by atoms with Crippen LogP contribution in [0.5, 0.6) is 0 Å². The van der Waals surface area contributed by atoms with Crippen LogP contribution in [0.3, 0.4) is 0 Å². The van der Waals surface area contributed by atoms with E-state index in [0.717, 1.165) is 45.3 Å². The summed E-state index contributed by atoms with van der Waals surface area (Å²) >= 11 is 0. The van der Waals surface area contributed by atoms with Crippen molar-refractivity contribution in [2.45, 2.75) is 90.1 Å². The third kappa shape index (κ3) is 4.02. The fourth-order valence-corrected chi connectivity index (χ4v) is 4.20. The Balaban J connectivity index is 1.60. The summed E-state index contributed by atoms with van der Waals surface area (Å²) in [6, 6.07) is 4.77. The van der Waals surface area contributed by atoms with Crippen molar-refractivity contribution >= 4 is 6.09 Å². The summed E-state index contributed by atoms with van der Waals surface area (Å²) in [5.41, 5.74) is 0.924. The van der Waals surface area contributed by atoms with Crippen molar-refractivity contribution in [1.82, 2.24) is 14.8 Å². The Morgan fingerprint density at radius 1 is 1.40 bits per heavy atom. The highest BCUT2D eigenvalue weighted by atomic mass is 16.6. The normalized spacial score (nSPS) is 22.7. The minimum absolute atomic E-state index is 0.0188. The predicted octanol–water partition coefficient (Wildman–Crippen LogP) is 3.92. The number of aryl methyl sites for hydroxylation is 1. The van der Waals surface area contributed by atoms with Gasteiger partial charge in [-0.2, -0.15) is 0 Å². The molecule has 1 spiro atoms.